The van der Waals surface area contributed by atoms with E-state index in [1.54, 1.807) is 11.3 Å². The molecule has 0 radical (unpaired) electrons. The minimum Gasteiger partial charge on any atom is -0.455 e. The number of benzene rings is 1. The van der Waals surface area contributed by atoms with Gasteiger partial charge in [-0.2, -0.15) is 0 Å². The summed E-state index contributed by atoms with van der Waals surface area (Å²) in [6, 6.07) is 13.7. The summed E-state index contributed by atoms with van der Waals surface area (Å²) in [4.78, 5) is 26.5. The van der Waals surface area contributed by atoms with Crippen molar-refractivity contribution in [1.82, 2.24) is 5.32 Å². The van der Waals surface area contributed by atoms with Gasteiger partial charge in [0.1, 0.15) is 0 Å². The summed E-state index contributed by atoms with van der Waals surface area (Å²) in [5, 5.41) is 5.06. The molecule has 1 heterocycles. The Hall–Kier alpha value is -2.14. The van der Waals surface area contributed by atoms with E-state index in [0.717, 1.165) is 22.3 Å². The highest BCUT2D eigenvalue weighted by Crippen LogP contribution is 2.56. The van der Waals surface area contributed by atoms with Crippen molar-refractivity contribution in [2.24, 2.45) is 29.6 Å². The maximum atomic E-state index is 12.8. The lowest BCUT2D eigenvalue weighted by molar-refractivity contribution is -0.164. The summed E-state index contributed by atoms with van der Waals surface area (Å²) in [5.74, 6) is 2.21. The van der Waals surface area contributed by atoms with E-state index in [0.29, 0.717) is 11.8 Å². The van der Waals surface area contributed by atoms with E-state index in [9.17, 15) is 9.59 Å². The fourth-order valence-electron chi connectivity index (χ4n) is 6.17. The van der Waals surface area contributed by atoms with Crippen LogP contribution in [0.4, 0.5) is 0 Å². The van der Waals surface area contributed by atoms with Gasteiger partial charge in [-0.25, -0.2) is 0 Å². The zero-order chi connectivity index (χ0) is 19.8. The SMILES string of the molecule is O=C(COC(=O)C1C2CC3CC(C2)CC1C3)N[C@H](c1ccccc1)c1cccs1. The molecule has 1 aromatic heterocycles. The van der Waals surface area contributed by atoms with E-state index in [1.807, 2.05) is 47.8 Å². The van der Waals surface area contributed by atoms with Crippen LogP contribution in [0.1, 0.15) is 48.6 Å². The van der Waals surface area contributed by atoms with E-state index in [-0.39, 0.29) is 30.4 Å². The first kappa shape index (κ1) is 18.9. The van der Waals surface area contributed by atoms with Crippen LogP contribution in [0, 0.1) is 29.6 Å². The number of hydrogen-bond acceptors (Lipinski definition) is 4. The summed E-state index contributed by atoms with van der Waals surface area (Å²) in [6.07, 6.45) is 6.06. The van der Waals surface area contributed by atoms with Gasteiger partial charge in [-0.15, -0.1) is 11.3 Å². The van der Waals surface area contributed by atoms with Crippen molar-refractivity contribution in [2.75, 3.05) is 6.61 Å². The summed E-state index contributed by atoms with van der Waals surface area (Å²) in [7, 11) is 0. The van der Waals surface area contributed by atoms with Crippen molar-refractivity contribution in [3.8, 4) is 0 Å². The highest BCUT2D eigenvalue weighted by Gasteiger charge is 2.51. The minimum absolute atomic E-state index is 0.0119. The normalized spacial score (nSPS) is 30.7. The van der Waals surface area contributed by atoms with Gasteiger partial charge in [-0.3, -0.25) is 9.59 Å². The quantitative estimate of drug-likeness (QED) is 0.711. The van der Waals surface area contributed by atoms with Crippen LogP contribution < -0.4 is 5.32 Å². The third-order valence-electron chi connectivity index (χ3n) is 7.11. The zero-order valence-corrected chi connectivity index (χ0v) is 17.3. The Morgan fingerprint density at radius 2 is 1.66 bits per heavy atom. The van der Waals surface area contributed by atoms with Gasteiger partial charge in [-0.05, 0) is 72.8 Å². The van der Waals surface area contributed by atoms with Gasteiger partial charge in [0, 0.05) is 4.88 Å². The molecule has 5 heteroatoms. The first-order valence-electron chi connectivity index (χ1n) is 10.7. The van der Waals surface area contributed by atoms with Crippen LogP contribution in [0.2, 0.25) is 0 Å². The van der Waals surface area contributed by atoms with Crippen molar-refractivity contribution in [2.45, 2.75) is 38.1 Å². The second kappa shape index (κ2) is 7.94. The molecule has 0 unspecified atom stereocenters. The number of amides is 1. The molecule has 4 aliphatic carbocycles. The highest BCUT2D eigenvalue weighted by molar-refractivity contribution is 7.10. The molecule has 2 aromatic rings. The highest BCUT2D eigenvalue weighted by atomic mass is 32.1. The number of carbonyl (C=O) groups is 2. The van der Waals surface area contributed by atoms with Gasteiger partial charge in [0.15, 0.2) is 6.61 Å². The van der Waals surface area contributed by atoms with E-state index in [2.05, 4.69) is 5.32 Å². The average molecular weight is 410 g/mol. The van der Waals surface area contributed by atoms with Crippen LogP contribution in [-0.2, 0) is 14.3 Å². The van der Waals surface area contributed by atoms with Crippen LogP contribution in [0.25, 0.3) is 0 Å². The number of rotatable bonds is 6. The van der Waals surface area contributed by atoms with Gasteiger partial charge >= 0.3 is 5.97 Å². The molecular weight excluding hydrogens is 382 g/mol. The molecule has 1 amide bonds. The van der Waals surface area contributed by atoms with E-state index >= 15 is 0 Å². The van der Waals surface area contributed by atoms with Crippen LogP contribution in [0.15, 0.2) is 47.8 Å². The topological polar surface area (TPSA) is 55.4 Å². The third-order valence-corrected chi connectivity index (χ3v) is 8.05. The van der Waals surface area contributed by atoms with Crippen molar-refractivity contribution in [3.63, 3.8) is 0 Å². The Labute approximate surface area is 175 Å². The fraction of sp³-hybridized carbons (Fsp3) is 0.500. The molecule has 4 nitrogen and oxygen atoms in total. The molecule has 4 saturated carbocycles. The monoisotopic (exact) mass is 409 g/mol. The van der Waals surface area contributed by atoms with Gasteiger partial charge < -0.3 is 10.1 Å². The molecule has 6 rings (SSSR count). The molecule has 0 aliphatic heterocycles. The van der Waals surface area contributed by atoms with Crippen molar-refractivity contribution in [3.05, 3.63) is 58.3 Å². The van der Waals surface area contributed by atoms with Gasteiger partial charge in [-0.1, -0.05) is 36.4 Å². The molecular formula is C24H27NO3S. The van der Waals surface area contributed by atoms with Crippen LogP contribution in [-0.4, -0.2) is 18.5 Å². The molecule has 4 aliphatic rings. The number of esters is 1. The lowest BCUT2D eigenvalue weighted by Gasteiger charge is -2.53. The summed E-state index contributed by atoms with van der Waals surface area (Å²) >= 11 is 1.61. The van der Waals surface area contributed by atoms with E-state index in [1.165, 1.54) is 32.1 Å². The fourth-order valence-corrected chi connectivity index (χ4v) is 6.97. The molecule has 152 valence electrons. The van der Waals surface area contributed by atoms with Gasteiger partial charge in [0.05, 0.1) is 12.0 Å². The van der Waals surface area contributed by atoms with Gasteiger partial charge in [0.25, 0.3) is 5.91 Å². The molecule has 0 saturated heterocycles. The van der Waals surface area contributed by atoms with E-state index < -0.39 is 0 Å². The average Bonchev–Trinajstić information content (AvgIpc) is 3.25. The Balaban J connectivity index is 1.21. The number of ether oxygens (including phenoxy) is 1. The number of carbonyl (C=O) groups excluding carboxylic acids is 2. The zero-order valence-electron chi connectivity index (χ0n) is 16.5. The predicted octanol–water partition coefficient (Wildman–Crippen LogP) is 4.57. The Kier molecular flexibility index (Phi) is 5.17. The molecule has 1 N–H and O–H groups in total. The first-order valence-corrected chi connectivity index (χ1v) is 11.6. The maximum absolute atomic E-state index is 12.8. The number of thiophene rings is 1. The van der Waals surface area contributed by atoms with Crippen molar-refractivity contribution < 1.29 is 14.3 Å². The molecule has 4 fully saturated rings. The Morgan fingerprint density at radius 3 is 2.28 bits per heavy atom. The molecule has 29 heavy (non-hydrogen) atoms. The predicted molar refractivity (Wildman–Crippen MR) is 112 cm³/mol. The largest absolute Gasteiger partial charge is 0.455 e. The molecule has 4 bridgehead atoms. The lowest BCUT2D eigenvalue weighted by atomic mass is 9.52. The van der Waals surface area contributed by atoms with Crippen molar-refractivity contribution in [1.29, 1.82) is 0 Å². The maximum Gasteiger partial charge on any atom is 0.310 e. The molecule has 1 aromatic carbocycles. The Bertz CT molecular complexity index is 836. The third kappa shape index (κ3) is 3.85. The number of hydrogen-bond donors (Lipinski definition) is 1. The second-order valence-corrected chi connectivity index (χ2v) is 9.97. The summed E-state index contributed by atoms with van der Waals surface area (Å²) < 4.78 is 5.54. The van der Waals surface area contributed by atoms with Crippen LogP contribution in [0.5, 0.6) is 0 Å². The number of nitrogens with one attached hydrogen (secondary N) is 1. The lowest BCUT2D eigenvalue weighted by Crippen LogP contribution is -2.48. The van der Waals surface area contributed by atoms with E-state index in [4.69, 9.17) is 4.74 Å². The summed E-state index contributed by atoms with van der Waals surface area (Å²) in [6.45, 7) is -0.198. The Morgan fingerprint density at radius 1 is 0.966 bits per heavy atom. The molecule has 0 spiro atoms. The van der Waals surface area contributed by atoms with Crippen LogP contribution >= 0.6 is 11.3 Å². The molecule has 1 atom stereocenters. The van der Waals surface area contributed by atoms with Gasteiger partial charge in [0.2, 0.25) is 0 Å². The minimum atomic E-state index is -0.246. The first-order chi connectivity index (χ1) is 14.2. The smallest absolute Gasteiger partial charge is 0.310 e. The second-order valence-electron chi connectivity index (χ2n) is 8.99. The summed E-state index contributed by atoms with van der Waals surface area (Å²) in [5.41, 5.74) is 1.02. The standard InChI is InChI=1S/C24H27NO3S/c26-21(25-23(20-7-4-8-29-20)17-5-2-1-3-6-17)14-28-24(27)22-18-10-15-9-16(12-18)13-19(22)11-15/h1-8,15-16,18-19,22-23H,9-14H2,(H,25,26)/t15?,16?,18?,19?,22?,23-/m1/s1. The van der Waals surface area contributed by atoms with Crippen molar-refractivity contribution >= 4 is 23.2 Å². The van der Waals surface area contributed by atoms with Crippen LogP contribution in [0.3, 0.4) is 0 Å².